The number of halogens is 1. The zero-order chi connectivity index (χ0) is 24.6. The van der Waals surface area contributed by atoms with Crippen LogP contribution in [0.3, 0.4) is 0 Å². The summed E-state index contributed by atoms with van der Waals surface area (Å²) in [6, 6.07) is 22.2. The van der Waals surface area contributed by atoms with Gasteiger partial charge in [-0.05, 0) is 41.3 Å². The number of nitrogens with zero attached hydrogens (tertiary/aromatic N) is 1. The predicted octanol–water partition coefficient (Wildman–Crippen LogP) is 4.43. The number of amides is 2. The molecule has 6 nitrogen and oxygen atoms in total. The van der Waals surface area contributed by atoms with E-state index in [1.807, 2.05) is 66.7 Å². The summed E-state index contributed by atoms with van der Waals surface area (Å²) in [5.41, 5.74) is 2.74. The van der Waals surface area contributed by atoms with Crippen LogP contribution in [0.2, 0.25) is 5.02 Å². The van der Waals surface area contributed by atoms with Gasteiger partial charge in [-0.25, -0.2) is 0 Å². The van der Waals surface area contributed by atoms with Crippen molar-refractivity contribution >= 4 is 23.4 Å². The number of fused-ring (bicyclic) bond motifs is 1. The summed E-state index contributed by atoms with van der Waals surface area (Å²) in [6.07, 6.45) is 1.16. The molecule has 1 aliphatic rings. The van der Waals surface area contributed by atoms with Crippen LogP contribution in [0.4, 0.5) is 0 Å². The highest BCUT2D eigenvalue weighted by Crippen LogP contribution is 2.31. The smallest absolute Gasteiger partial charge is 0.242 e. The van der Waals surface area contributed by atoms with E-state index >= 15 is 0 Å². The third-order valence-corrected chi connectivity index (χ3v) is 6.42. The lowest BCUT2D eigenvalue weighted by Gasteiger charge is -2.31. The van der Waals surface area contributed by atoms with Gasteiger partial charge in [-0.15, -0.1) is 0 Å². The van der Waals surface area contributed by atoms with Crippen LogP contribution in [0.1, 0.15) is 23.1 Å². The van der Waals surface area contributed by atoms with Crippen molar-refractivity contribution in [2.24, 2.45) is 0 Å². The number of benzene rings is 3. The zero-order valence-electron chi connectivity index (χ0n) is 19.7. The highest BCUT2D eigenvalue weighted by molar-refractivity contribution is 6.31. The average molecular weight is 493 g/mol. The SMILES string of the molecule is CNC(=O)[C@H](Cc1ccccc1)N(Cc1ccccc1Cl)C(=O)CCc1ccc2c(c1)OCCO2. The minimum Gasteiger partial charge on any atom is -0.486 e. The Morgan fingerprint density at radius 3 is 2.40 bits per heavy atom. The summed E-state index contributed by atoms with van der Waals surface area (Å²) in [5, 5.41) is 3.30. The molecule has 2 amide bonds. The van der Waals surface area contributed by atoms with Crippen LogP contribution in [-0.4, -0.2) is 43.0 Å². The number of likely N-dealkylation sites (N-methyl/N-ethyl adjacent to an activating group) is 1. The first kappa shape index (κ1) is 24.6. The Morgan fingerprint density at radius 1 is 0.943 bits per heavy atom. The highest BCUT2D eigenvalue weighted by atomic mass is 35.5. The molecule has 0 unspecified atom stereocenters. The molecule has 1 heterocycles. The van der Waals surface area contributed by atoms with E-state index in [1.165, 1.54) is 0 Å². The van der Waals surface area contributed by atoms with Gasteiger partial charge in [0.25, 0.3) is 0 Å². The van der Waals surface area contributed by atoms with Crippen molar-refractivity contribution in [2.75, 3.05) is 20.3 Å². The second-order valence-corrected chi connectivity index (χ2v) is 8.82. The van der Waals surface area contributed by atoms with Crippen LogP contribution >= 0.6 is 11.6 Å². The molecule has 3 aromatic carbocycles. The molecule has 0 spiro atoms. The minimum absolute atomic E-state index is 0.121. The molecule has 1 atom stereocenters. The van der Waals surface area contributed by atoms with E-state index < -0.39 is 6.04 Å². The maximum atomic E-state index is 13.6. The molecule has 4 rings (SSSR count). The molecule has 7 heteroatoms. The van der Waals surface area contributed by atoms with E-state index in [9.17, 15) is 9.59 Å². The number of ether oxygens (including phenoxy) is 2. The van der Waals surface area contributed by atoms with E-state index in [0.717, 1.165) is 16.7 Å². The Bertz CT molecular complexity index is 1170. The quantitative estimate of drug-likeness (QED) is 0.480. The summed E-state index contributed by atoms with van der Waals surface area (Å²) < 4.78 is 11.3. The lowest BCUT2D eigenvalue weighted by Crippen LogP contribution is -2.49. The third kappa shape index (κ3) is 6.34. The van der Waals surface area contributed by atoms with Gasteiger partial charge in [0, 0.05) is 31.5 Å². The Labute approximate surface area is 210 Å². The topological polar surface area (TPSA) is 67.9 Å². The number of aryl methyl sites for hydroxylation is 1. The minimum atomic E-state index is -0.675. The van der Waals surface area contributed by atoms with Crippen molar-refractivity contribution in [1.29, 1.82) is 0 Å². The van der Waals surface area contributed by atoms with E-state index in [1.54, 1.807) is 18.0 Å². The van der Waals surface area contributed by atoms with E-state index in [-0.39, 0.29) is 24.8 Å². The summed E-state index contributed by atoms with van der Waals surface area (Å²) in [5.74, 6) is 1.08. The normalized spacial score (nSPS) is 13.1. The molecule has 1 N–H and O–H groups in total. The van der Waals surface area contributed by atoms with Crippen molar-refractivity contribution in [3.63, 3.8) is 0 Å². The molecule has 0 bridgehead atoms. The maximum Gasteiger partial charge on any atom is 0.242 e. The van der Waals surface area contributed by atoms with Crippen molar-refractivity contribution in [3.05, 3.63) is 94.5 Å². The van der Waals surface area contributed by atoms with Crippen molar-refractivity contribution in [3.8, 4) is 11.5 Å². The highest BCUT2D eigenvalue weighted by Gasteiger charge is 2.30. The Morgan fingerprint density at radius 2 is 1.66 bits per heavy atom. The predicted molar refractivity (Wildman–Crippen MR) is 136 cm³/mol. The first-order chi connectivity index (χ1) is 17.0. The van der Waals surface area contributed by atoms with Gasteiger partial charge in [-0.3, -0.25) is 9.59 Å². The standard InChI is InChI=1S/C28H29ClN2O4/c1-30-28(33)24(17-20-7-3-2-4-8-20)31(19-22-9-5-6-10-23(22)29)27(32)14-12-21-11-13-25-26(18-21)35-16-15-34-25/h2-11,13,18,24H,12,14-17,19H2,1H3,(H,30,33)/t24-/m0/s1. The molecule has 0 radical (unpaired) electrons. The molecule has 0 aromatic heterocycles. The van der Waals surface area contributed by atoms with Crippen LogP contribution in [-0.2, 0) is 29.0 Å². The monoisotopic (exact) mass is 492 g/mol. The fourth-order valence-electron chi connectivity index (χ4n) is 4.17. The molecule has 1 aliphatic heterocycles. The van der Waals surface area contributed by atoms with Gasteiger partial charge in [0.05, 0.1) is 0 Å². The lowest BCUT2D eigenvalue weighted by molar-refractivity contribution is -0.141. The van der Waals surface area contributed by atoms with Gasteiger partial charge in [0.1, 0.15) is 19.3 Å². The average Bonchev–Trinajstić information content (AvgIpc) is 2.90. The van der Waals surface area contributed by atoms with Crippen LogP contribution < -0.4 is 14.8 Å². The molecule has 0 saturated carbocycles. The molecular formula is C28H29ClN2O4. The van der Waals surface area contributed by atoms with Gasteiger partial charge < -0.3 is 19.7 Å². The summed E-state index contributed by atoms with van der Waals surface area (Å²) in [4.78, 5) is 28.3. The van der Waals surface area contributed by atoms with Crippen LogP contribution in [0, 0.1) is 0 Å². The van der Waals surface area contributed by atoms with Crippen LogP contribution in [0.15, 0.2) is 72.8 Å². The number of carbonyl (C=O) groups is 2. The number of hydrogen-bond acceptors (Lipinski definition) is 4. The van der Waals surface area contributed by atoms with Gasteiger partial charge in [0.2, 0.25) is 11.8 Å². The second-order valence-electron chi connectivity index (χ2n) is 8.41. The van der Waals surface area contributed by atoms with Crippen molar-refractivity contribution in [2.45, 2.75) is 31.8 Å². The van der Waals surface area contributed by atoms with Crippen LogP contribution in [0.5, 0.6) is 11.5 Å². The Kier molecular flexibility index (Phi) is 8.27. The molecule has 0 saturated heterocycles. The van der Waals surface area contributed by atoms with Gasteiger partial charge >= 0.3 is 0 Å². The fraction of sp³-hybridized carbons (Fsp3) is 0.286. The molecule has 3 aromatic rings. The molecule has 0 fully saturated rings. The molecular weight excluding hydrogens is 464 g/mol. The fourth-order valence-corrected chi connectivity index (χ4v) is 4.36. The zero-order valence-corrected chi connectivity index (χ0v) is 20.5. The van der Waals surface area contributed by atoms with Gasteiger partial charge in [0.15, 0.2) is 11.5 Å². The summed E-state index contributed by atoms with van der Waals surface area (Å²) in [6.45, 7) is 1.28. The molecule has 0 aliphatic carbocycles. The van der Waals surface area contributed by atoms with E-state index in [0.29, 0.717) is 42.6 Å². The van der Waals surface area contributed by atoms with Crippen molar-refractivity contribution < 1.29 is 19.1 Å². The van der Waals surface area contributed by atoms with E-state index in [2.05, 4.69) is 5.32 Å². The molecule has 182 valence electrons. The Hall–Kier alpha value is -3.51. The van der Waals surface area contributed by atoms with Crippen LogP contribution in [0.25, 0.3) is 0 Å². The lowest BCUT2D eigenvalue weighted by atomic mass is 10.0. The van der Waals surface area contributed by atoms with Gasteiger partial charge in [-0.1, -0.05) is 66.2 Å². The maximum absolute atomic E-state index is 13.6. The van der Waals surface area contributed by atoms with Gasteiger partial charge in [-0.2, -0.15) is 0 Å². The molecule has 35 heavy (non-hydrogen) atoms. The number of nitrogens with one attached hydrogen (secondary N) is 1. The third-order valence-electron chi connectivity index (χ3n) is 6.05. The number of carbonyl (C=O) groups excluding carboxylic acids is 2. The first-order valence-corrected chi connectivity index (χ1v) is 12.1. The van der Waals surface area contributed by atoms with E-state index in [4.69, 9.17) is 21.1 Å². The first-order valence-electron chi connectivity index (χ1n) is 11.7. The number of rotatable bonds is 9. The summed E-state index contributed by atoms with van der Waals surface area (Å²) >= 11 is 6.43. The second kappa shape index (κ2) is 11.8. The van der Waals surface area contributed by atoms with Crippen molar-refractivity contribution in [1.82, 2.24) is 10.2 Å². The number of hydrogen-bond donors (Lipinski definition) is 1. The Balaban J connectivity index is 1.57. The summed E-state index contributed by atoms with van der Waals surface area (Å²) in [7, 11) is 1.59. The largest absolute Gasteiger partial charge is 0.486 e.